The lowest BCUT2D eigenvalue weighted by Gasteiger charge is -2.45. The lowest BCUT2D eigenvalue weighted by atomic mass is 9.68. The number of amides is 1. The van der Waals surface area contributed by atoms with Crippen molar-refractivity contribution in [2.45, 2.75) is 64.3 Å². The first-order chi connectivity index (χ1) is 8.65. The maximum atomic E-state index is 11.3. The molecule has 1 aliphatic heterocycles. The lowest BCUT2D eigenvalue weighted by Crippen LogP contribution is -2.46. The molecule has 1 spiro atoms. The van der Waals surface area contributed by atoms with Crippen LogP contribution in [0, 0.1) is 5.41 Å². The SMILES string of the molecule is CC(CC(=O)NN)N1CCC2(CCCCC2)CC1. The molecule has 1 saturated carbocycles. The summed E-state index contributed by atoms with van der Waals surface area (Å²) >= 11 is 0. The molecule has 1 atom stereocenters. The van der Waals surface area contributed by atoms with Crippen LogP contribution in [0.1, 0.15) is 58.3 Å². The number of rotatable bonds is 3. The van der Waals surface area contributed by atoms with E-state index in [2.05, 4.69) is 17.2 Å². The molecule has 1 heterocycles. The number of hydrogen-bond donors (Lipinski definition) is 2. The van der Waals surface area contributed by atoms with Crippen LogP contribution in [-0.2, 0) is 4.79 Å². The molecule has 2 fully saturated rings. The van der Waals surface area contributed by atoms with E-state index in [1.54, 1.807) is 0 Å². The van der Waals surface area contributed by atoms with Gasteiger partial charge in [0.2, 0.25) is 5.91 Å². The number of piperidine rings is 1. The summed E-state index contributed by atoms with van der Waals surface area (Å²) in [6, 6.07) is 0.314. The highest BCUT2D eigenvalue weighted by atomic mass is 16.2. The van der Waals surface area contributed by atoms with Crippen LogP contribution in [0.25, 0.3) is 0 Å². The molecule has 104 valence electrons. The van der Waals surface area contributed by atoms with Gasteiger partial charge in [0.05, 0.1) is 0 Å². The summed E-state index contributed by atoms with van der Waals surface area (Å²) in [5, 5.41) is 0. The zero-order chi connectivity index (χ0) is 13.0. The van der Waals surface area contributed by atoms with Crippen molar-refractivity contribution in [3.8, 4) is 0 Å². The summed E-state index contributed by atoms with van der Waals surface area (Å²) in [5.41, 5.74) is 2.87. The standard InChI is InChI=1S/C14H27N3O/c1-12(11-13(18)16-15)17-9-7-14(8-10-17)5-3-2-4-6-14/h12H,2-11,15H2,1H3,(H,16,18). The van der Waals surface area contributed by atoms with Gasteiger partial charge in [-0.3, -0.25) is 10.2 Å². The van der Waals surface area contributed by atoms with Crippen LogP contribution in [-0.4, -0.2) is 29.9 Å². The van der Waals surface area contributed by atoms with Crippen molar-refractivity contribution in [2.24, 2.45) is 11.3 Å². The normalized spacial score (nSPS) is 25.9. The first-order valence-electron chi connectivity index (χ1n) is 7.39. The van der Waals surface area contributed by atoms with Gasteiger partial charge in [0.15, 0.2) is 0 Å². The molecule has 4 nitrogen and oxygen atoms in total. The van der Waals surface area contributed by atoms with E-state index in [1.165, 1.54) is 44.9 Å². The molecule has 1 saturated heterocycles. The van der Waals surface area contributed by atoms with Crippen LogP contribution < -0.4 is 11.3 Å². The summed E-state index contributed by atoms with van der Waals surface area (Å²) in [5.74, 6) is 5.09. The Hall–Kier alpha value is -0.610. The van der Waals surface area contributed by atoms with Gasteiger partial charge in [-0.25, -0.2) is 5.84 Å². The third-order valence-corrected chi connectivity index (χ3v) is 5.04. The highest BCUT2D eigenvalue weighted by Crippen LogP contribution is 2.44. The first-order valence-corrected chi connectivity index (χ1v) is 7.39. The van der Waals surface area contributed by atoms with Gasteiger partial charge >= 0.3 is 0 Å². The van der Waals surface area contributed by atoms with E-state index in [4.69, 9.17) is 5.84 Å². The van der Waals surface area contributed by atoms with E-state index >= 15 is 0 Å². The van der Waals surface area contributed by atoms with E-state index in [0.29, 0.717) is 17.9 Å². The molecular weight excluding hydrogens is 226 g/mol. The van der Waals surface area contributed by atoms with E-state index < -0.39 is 0 Å². The van der Waals surface area contributed by atoms with Gasteiger partial charge in [-0.2, -0.15) is 0 Å². The molecule has 1 amide bonds. The molecule has 2 aliphatic rings. The molecule has 1 aliphatic carbocycles. The number of hydrogen-bond acceptors (Lipinski definition) is 3. The number of carbonyl (C=O) groups excluding carboxylic acids is 1. The summed E-state index contributed by atoms with van der Waals surface area (Å²) in [6.45, 7) is 4.44. The maximum absolute atomic E-state index is 11.3. The van der Waals surface area contributed by atoms with Gasteiger partial charge in [-0.15, -0.1) is 0 Å². The Morgan fingerprint density at radius 1 is 1.22 bits per heavy atom. The van der Waals surface area contributed by atoms with Crippen molar-refractivity contribution in [3.63, 3.8) is 0 Å². The predicted molar refractivity (Wildman–Crippen MR) is 72.7 cm³/mol. The van der Waals surface area contributed by atoms with Gasteiger partial charge in [-0.1, -0.05) is 19.3 Å². The van der Waals surface area contributed by atoms with Gasteiger partial charge in [0.25, 0.3) is 0 Å². The fourth-order valence-electron chi connectivity index (χ4n) is 3.70. The summed E-state index contributed by atoms with van der Waals surface area (Å²) < 4.78 is 0. The third kappa shape index (κ3) is 3.23. The fraction of sp³-hybridized carbons (Fsp3) is 0.929. The Kier molecular flexibility index (Phi) is 4.62. The quantitative estimate of drug-likeness (QED) is 0.458. The van der Waals surface area contributed by atoms with Crippen molar-refractivity contribution in [2.75, 3.05) is 13.1 Å². The Bertz CT molecular complexity index is 277. The Balaban J connectivity index is 1.80. The van der Waals surface area contributed by atoms with Crippen LogP contribution in [0.2, 0.25) is 0 Å². The number of nitrogens with two attached hydrogens (primary N) is 1. The van der Waals surface area contributed by atoms with Crippen molar-refractivity contribution in [1.82, 2.24) is 10.3 Å². The summed E-state index contributed by atoms with van der Waals surface area (Å²) in [4.78, 5) is 13.8. The highest BCUT2D eigenvalue weighted by molar-refractivity contribution is 5.75. The zero-order valence-electron chi connectivity index (χ0n) is 11.6. The highest BCUT2D eigenvalue weighted by Gasteiger charge is 2.36. The molecule has 0 aromatic heterocycles. The van der Waals surface area contributed by atoms with Crippen LogP contribution in [0.4, 0.5) is 0 Å². The van der Waals surface area contributed by atoms with E-state index in [1.807, 2.05) is 0 Å². The molecule has 0 bridgehead atoms. The monoisotopic (exact) mass is 253 g/mol. The Labute approximate surface area is 110 Å². The lowest BCUT2D eigenvalue weighted by molar-refractivity contribution is -0.122. The van der Waals surface area contributed by atoms with Crippen molar-refractivity contribution in [3.05, 3.63) is 0 Å². The smallest absolute Gasteiger partial charge is 0.235 e. The van der Waals surface area contributed by atoms with Crippen LogP contribution in [0.3, 0.4) is 0 Å². The minimum absolute atomic E-state index is 0.0551. The van der Waals surface area contributed by atoms with E-state index in [9.17, 15) is 4.79 Å². The number of nitrogens with zero attached hydrogens (tertiary/aromatic N) is 1. The van der Waals surface area contributed by atoms with Crippen LogP contribution in [0.15, 0.2) is 0 Å². The minimum atomic E-state index is -0.0551. The molecule has 0 aromatic rings. The molecule has 0 radical (unpaired) electrons. The average molecular weight is 253 g/mol. The average Bonchev–Trinajstić information content (AvgIpc) is 2.40. The largest absolute Gasteiger partial charge is 0.300 e. The number of nitrogens with one attached hydrogen (secondary N) is 1. The van der Waals surface area contributed by atoms with Gasteiger partial charge in [0, 0.05) is 12.5 Å². The second-order valence-corrected chi connectivity index (χ2v) is 6.22. The molecule has 1 unspecified atom stereocenters. The minimum Gasteiger partial charge on any atom is -0.300 e. The molecule has 3 N–H and O–H groups in total. The van der Waals surface area contributed by atoms with Crippen LogP contribution in [0.5, 0.6) is 0 Å². The predicted octanol–water partition coefficient (Wildman–Crippen LogP) is 1.80. The van der Waals surface area contributed by atoms with Crippen molar-refractivity contribution in [1.29, 1.82) is 0 Å². The second-order valence-electron chi connectivity index (χ2n) is 6.22. The van der Waals surface area contributed by atoms with E-state index in [0.717, 1.165) is 13.1 Å². The topological polar surface area (TPSA) is 58.4 Å². The number of hydrazine groups is 1. The van der Waals surface area contributed by atoms with Gasteiger partial charge < -0.3 is 4.90 Å². The summed E-state index contributed by atoms with van der Waals surface area (Å²) in [7, 11) is 0. The van der Waals surface area contributed by atoms with E-state index in [-0.39, 0.29) is 5.91 Å². The summed E-state index contributed by atoms with van der Waals surface area (Å²) in [6.07, 6.45) is 10.3. The molecular formula is C14H27N3O. The zero-order valence-corrected chi connectivity index (χ0v) is 11.6. The molecule has 4 heteroatoms. The Morgan fingerprint density at radius 3 is 2.39 bits per heavy atom. The second kappa shape index (κ2) is 6.02. The maximum Gasteiger partial charge on any atom is 0.235 e. The number of carbonyl (C=O) groups is 1. The Morgan fingerprint density at radius 2 is 1.83 bits per heavy atom. The fourth-order valence-corrected chi connectivity index (χ4v) is 3.70. The van der Waals surface area contributed by atoms with Gasteiger partial charge in [0.1, 0.15) is 0 Å². The molecule has 0 aromatic carbocycles. The number of likely N-dealkylation sites (tertiary alicyclic amines) is 1. The third-order valence-electron chi connectivity index (χ3n) is 5.04. The van der Waals surface area contributed by atoms with Crippen LogP contribution >= 0.6 is 0 Å². The van der Waals surface area contributed by atoms with Crippen molar-refractivity contribution >= 4 is 5.91 Å². The van der Waals surface area contributed by atoms with Gasteiger partial charge in [-0.05, 0) is 51.1 Å². The molecule has 18 heavy (non-hydrogen) atoms. The molecule has 2 rings (SSSR count). The van der Waals surface area contributed by atoms with Crippen molar-refractivity contribution < 1.29 is 4.79 Å². The first kappa shape index (κ1) is 13.8.